The molecule has 2 aromatic rings. The van der Waals surface area contributed by atoms with Gasteiger partial charge in [0.25, 0.3) is 5.91 Å². The Morgan fingerprint density at radius 1 is 1.03 bits per heavy atom. The lowest BCUT2D eigenvalue weighted by molar-refractivity contribution is 0.0862. The SMILES string of the molecule is N#Cc1ccc(C(=O)NC2CCCC2N2CCC(Cc3ccc(Cl)cc3)CC2)cc1. The Morgan fingerprint density at radius 3 is 2.40 bits per heavy atom. The van der Waals surface area contributed by atoms with E-state index in [0.29, 0.717) is 17.2 Å². The molecule has 1 saturated carbocycles. The van der Waals surface area contributed by atoms with E-state index in [1.54, 1.807) is 24.3 Å². The van der Waals surface area contributed by atoms with Crippen molar-refractivity contribution in [3.05, 3.63) is 70.2 Å². The first kappa shape index (κ1) is 20.9. The molecule has 2 aromatic carbocycles. The smallest absolute Gasteiger partial charge is 0.251 e. The quantitative estimate of drug-likeness (QED) is 0.753. The minimum atomic E-state index is -0.0333. The minimum absolute atomic E-state index is 0.0333. The molecule has 0 aromatic heterocycles. The fraction of sp³-hybridized carbons (Fsp3) is 0.440. The monoisotopic (exact) mass is 421 g/mol. The van der Waals surface area contributed by atoms with E-state index in [-0.39, 0.29) is 11.9 Å². The highest BCUT2D eigenvalue weighted by molar-refractivity contribution is 6.30. The van der Waals surface area contributed by atoms with Crippen molar-refractivity contribution in [2.45, 2.75) is 50.6 Å². The van der Waals surface area contributed by atoms with Crippen molar-refractivity contribution in [2.75, 3.05) is 13.1 Å². The molecule has 2 fully saturated rings. The Bertz CT molecular complexity index is 895. The highest BCUT2D eigenvalue weighted by Crippen LogP contribution is 2.30. The van der Waals surface area contributed by atoms with E-state index < -0.39 is 0 Å². The normalized spacial score (nSPS) is 22.5. The molecule has 1 aliphatic carbocycles. The molecule has 0 bridgehead atoms. The van der Waals surface area contributed by atoms with Crippen LogP contribution in [-0.2, 0) is 6.42 Å². The molecule has 1 aliphatic heterocycles. The predicted molar refractivity (Wildman–Crippen MR) is 120 cm³/mol. The Labute approximate surface area is 183 Å². The van der Waals surface area contributed by atoms with Gasteiger partial charge in [0, 0.05) is 22.7 Å². The molecule has 30 heavy (non-hydrogen) atoms. The topological polar surface area (TPSA) is 56.1 Å². The van der Waals surface area contributed by atoms with Crippen molar-refractivity contribution in [3.8, 4) is 6.07 Å². The number of hydrogen-bond acceptors (Lipinski definition) is 3. The molecule has 5 heteroatoms. The maximum Gasteiger partial charge on any atom is 0.251 e. The number of piperidine rings is 1. The number of carbonyl (C=O) groups is 1. The highest BCUT2D eigenvalue weighted by atomic mass is 35.5. The zero-order chi connectivity index (χ0) is 20.9. The average Bonchev–Trinajstić information content (AvgIpc) is 3.24. The highest BCUT2D eigenvalue weighted by Gasteiger charge is 2.35. The number of carbonyl (C=O) groups excluding carboxylic acids is 1. The summed E-state index contributed by atoms with van der Waals surface area (Å²) < 4.78 is 0. The van der Waals surface area contributed by atoms with Crippen molar-refractivity contribution in [1.82, 2.24) is 10.2 Å². The summed E-state index contributed by atoms with van der Waals surface area (Å²) in [6.07, 6.45) is 6.88. The largest absolute Gasteiger partial charge is 0.348 e. The first-order chi connectivity index (χ1) is 14.6. The average molecular weight is 422 g/mol. The molecule has 0 spiro atoms. The molecule has 0 radical (unpaired) electrons. The standard InChI is InChI=1S/C25H28ClN3O/c26-22-10-6-18(7-11-22)16-19-12-14-29(15-13-19)24-3-1-2-23(24)28-25(30)21-8-4-20(17-27)5-9-21/h4-11,19,23-24H,1-3,12-16H2,(H,28,30). The van der Waals surface area contributed by atoms with Gasteiger partial charge in [0.15, 0.2) is 0 Å². The molecular weight excluding hydrogens is 394 g/mol. The molecule has 1 heterocycles. The van der Waals surface area contributed by atoms with Gasteiger partial charge >= 0.3 is 0 Å². The van der Waals surface area contributed by atoms with Gasteiger partial charge in [0.1, 0.15) is 0 Å². The van der Waals surface area contributed by atoms with E-state index in [0.717, 1.165) is 49.7 Å². The molecule has 2 atom stereocenters. The second-order valence-electron chi connectivity index (χ2n) is 8.58. The van der Waals surface area contributed by atoms with Crippen LogP contribution in [0.4, 0.5) is 0 Å². The number of nitrogens with one attached hydrogen (secondary N) is 1. The Balaban J connectivity index is 1.30. The van der Waals surface area contributed by atoms with Crippen molar-refractivity contribution < 1.29 is 4.79 Å². The number of amides is 1. The third-order valence-electron chi connectivity index (χ3n) is 6.63. The second-order valence-corrected chi connectivity index (χ2v) is 9.01. The molecule has 2 aliphatic rings. The van der Waals surface area contributed by atoms with Crippen molar-refractivity contribution in [2.24, 2.45) is 5.92 Å². The Kier molecular flexibility index (Phi) is 6.72. The Hall–Kier alpha value is -2.35. The summed E-state index contributed by atoms with van der Waals surface area (Å²) in [5.41, 5.74) is 2.57. The lowest BCUT2D eigenvalue weighted by Gasteiger charge is -2.38. The van der Waals surface area contributed by atoms with E-state index in [2.05, 4.69) is 28.4 Å². The number of nitriles is 1. The van der Waals surface area contributed by atoms with E-state index in [1.807, 2.05) is 12.1 Å². The molecule has 1 amide bonds. The molecule has 156 valence electrons. The van der Waals surface area contributed by atoms with E-state index in [9.17, 15) is 4.79 Å². The van der Waals surface area contributed by atoms with Gasteiger partial charge in [-0.3, -0.25) is 9.69 Å². The molecule has 1 N–H and O–H groups in total. The van der Waals surface area contributed by atoms with Crippen molar-refractivity contribution in [3.63, 3.8) is 0 Å². The summed E-state index contributed by atoms with van der Waals surface area (Å²) >= 11 is 6.00. The molecular formula is C25H28ClN3O. The zero-order valence-corrected chi connectivity index (χ0v) is 17.9. The van der Waals surface area contributed by atoms with Crippen molar-refractivity contribution >= 4 is 17.5 Å². The van der Waals surface area contributed by atoms with Crippen LogP contribution in [0.3, 0.4) is 0 Å². The van der Waals surface area contributed by atoms with Crippen LogP contribution in [-0.4, -0.2) is 36.0 Å². The number of rotatable bonds is 5. The van der Waals surface area contributed by atoms with Crippen LogP contribution < -0.4 is 5.32 Å². The zero-order valence-electron chi connectivity index (χ0n) is 17.2. The van der Waals surface area contributed by atoms with Crippen LogP contribution in [0.2, 0.25) is 5.02 Å². The first-order valence-corrected chi connectivity index (χ1v) is 11.3. The summed E-state index contributed by atoms with van der Waals surface area (Å²) in [6.45, 7) is 2.21. The maximum absolute atomic E-state index is 12.7. The van der Waals surface area contributed by atoms with Crippen LogP contribution in [0.1, 0.15) is 53.6 Å². The third-order valence-corrected chi connectivity index (χ3v) is 6.88. The number of hydrogen-bond donors (Lipinski definition) is 1. The van der Waals surface area contributed by atoms with Gasteiger partial charge in [-0.2, -0.15) is 5.26 Å². The Morgan fingerprint density at radius 2 is 1.73 bits per heavy atom. The fourth-order valence-electron chi connectivity index (χ4n) is 4.94. The van der Waals surface area contributed by atoms with Crippen LogP contribution in [0, 0.1) is 17.2 Å². The van der Waals surface area contributed by atoms with Gasteiger partial charge in [0.2, 0.25) is 0 Å². The van der Waals surface area contributed by atoms with Crippen LogP contribution >= 0.6 is 11.6 Å². The minimum Gasteiger partial charge on any atom is -0.348 e. The van der Waals surface area contributed by atoms with Crippen LogP contribution in [0.5, 0.6) is 0 Å². The lowest BCUT2D eigenvalue weighted by atomic mass is 9.89. The molecule has 1 saturated heterocycles. The third kappa shape index (κ3) is 5.03. The summed E-state index contributed by atoms with van der Waals surface area (Å²) in [5.74, 6) is 0.685. The van der Waals surface area contributed by atoms with Gasteiger partial charge in [0.05, 0.1) is 11.6 Å². The van der Waals surface area contributed by atoms with Gasteiger partial charge in [-0.1, -0.05) is 23.7 Å². The van der Waals surface area contributed by atoms with Crippen LogP contribution in [0.25, 0.3) is 0 Å². The number of benzene rings is 2. The second kappa shape index (κ2) is 9.64. The summed E-state index contributed by atoms with van der Waals surface area (Å²) in [4.78, 5) is 15.3. The predicted octanol–water partition coefficient (Wildman–Crippen LogP) is 4.82. The fourth-order valence-corrected chi connectivity index (χ4v) is 5.06. The first-order valence-electron chi connectivity index (χ1n) is 10.9. The van der Waals surface area contributed by atoms with E-state index in [4.69, 9.17) is 16.9 Å². The van der Waals surface area contributed by atoms with E-state index >= 15 is 0 Å². The lowest BCUT2D eigenvalue weighted by Crippen LogP contribution is -2.51. The van der Waals surface area contributed by atoms with Gasteiger partial charge in [-0.15, -0.1) is 0 Å². The molecule has 4 rings (SSSR count). The number of likely N-dealkylation sites (tertiary alicyclic amines) is 1. The molecule has 4 nitrogen and oxygen atoms in total. The van der Waals surface area contributed by atoms with Crippen molar-refractivity contribution in [1.29, 1.82) is 5.26 Å². The number of halogens is 1. The summed E-state index contributed by atoms with van der Waals surface area (Å²) in [5, 5.41) is 13.0. The summed E-state index contributed by atoms with van der Waals surface area (Å²) in [7, 11) is 0. The summed E-state index contributed by atoms with van der Waals surface area (Å²) in [6, 6.07) is 17.8. The van der Waals surface area contributed by atoms with Gasteiger partial charge in [-0.05, 0) is 99.5 Å². The van der Waals surface area contributed by atoms with Gasteiger partial charge in [-0.25, -0.2) is 0 Å². The molecule has 2 unspecified atom stereocenters. The number of nitrogens with zero attached hydrogens (tertiary/aromatic N) is 2. The van der Waals surface area contributed by atoms with Gasteiger partial charge < -0.3 is 5.32 Å². The van der Waals surface area contributed by atoms with E-state index in [1.165, 1.54) is 18.4 Å². The maximum atomic E-state index is 12.7. The van der Waals surface area contributed by atoms with Crippen LogP contribution in [0.15, 0.2) is 48.5 Å².